The van der Waals surface area contributed by atoms with Crippen LogP contribution in [0.25, 0.3) is 22.6 Å². The molecule has 2 heterocycles. The number of carbonyl (C=O) groups is 1. The lowest BCUT2D eigenvalue weighted by atomic mass is 10.1. The Hall–Kier alpha value is -3.66. The molecule has 0 fully saturated rings. The monoisotopic (exact) mass is 445 g/mol. The van der Waals surface area contributed by atoms with Crippen molar-refractivity contribution in [2.45, 2.75) is 6.18 Å². The first-order valence-corrected chi connectivity index (χ1v) is 9.82. The second-order valence-corrected chi connectivity index (χ2v) is 7.19. The summed E-state index contributed by atoms with van der Waals surface area (Å²) in [6, 6.07) is 11.2. The number of halogens is 3. The molecule has 2 aromatic heterocycles. The molecule has 0 aliphatic rings. The summed E-state index contributed by atoms with van der Waals surface area (Å²) in [5, 5.41) is 13.9. The molecular weight excluding hydrogens is 431 g/mol. The van der Waals surface area contributed by atoms with Crippen LogP contribution in [-0.2, 0) is 6.18 Å². The summed E-state index contributed by atoms with van der Waals surface area (Å²) in [4.78, 5) is 12.3. The molecule has 4 rings (SSSR count). The highest BCUT2D eigenvalue weighted by Crippen LogP contribution is 2.33. The smallest absolute Gasteiger partial charge is 0.416 e. The number of rotatable bonds is 5. The highest BCUT2D eigenvalue weighted by molar-refractivity contribution is 7.08. The maximum atomic E-state index is 12.9. The highest BCUT2D eigenvalue weighted by atomic mass is 32.1. The number of ether oxygens (including phenoxy) is 1. The Labute approximate surface area is 178 Å². The van der Waals surface area contributed by atoms with Crippen LogP contribution in [0.4, 0.5) is 19.2 Å². The van der Waals surface area contributed by atoms with Crippen LogP contribution in [0.5, 0.6) is 5.75 Å². The summed E-state index contributed by atoms with van der Waals surface area (Å²) < 4.78 is 49.4. The van der Waals surface area contributed by atoms with Gasteiger partial charge in [0.05, 0.1) is 12.7 Å². The van der Waals surface area contributed by atoms with E-state index in [1.807, 2.05) is 29.0 Å². The quantitative estimate of drug-likeness (QED) is 0.424. The molecular formula is C21H14F3N3O3S. The number of hydrogen-bond donors (Lipinski definition) is 1. The summed E-state index contributed by atoms with van der Waals surface area (Å²) in [5.41, 5.74) is 1.32. The number of carbonyl (C=O) groups excluding carboxylic acids is 1. The lowest BCUT2D eigenvalue weighted by Gasteiger charge is -2.08. The van der Waals surface area contributed by atoms with Gasteiger partial charge in [-0.05, 0) is 64.4 Å². The first kappa shape index (κ1) is 20.6. The molecule has 0 saturated carbocycles. The fourth-order valence-electron chi connectivity index (χ4n) is 2.83. The van der Waals surface area contributed by atoms with Crippen LogP contribution in [0.2, 0.25) is 0 Å². The van der Waals surface area contributed by atoms with Crippen molar-refractivity contribution in [3.63, 3.8) is 0 Å². The summed E-state index contributed by atoms with van der Waals surface area (Å²) in [6.45, 7) is 0. The van der Waals surface area contributed by atoms with Crippen LogP contribution in [0.15, 0.2) is 63.7 Å². The average molecular weight is 445 g/mol. The summed E-state index contributed by atoms with van der Waals surface area (Å²) >= 11 is 1.55. The van der Waals surface area contributed by atoms with Crippen LogP contribution in [0, 0.1) is 0 Å². The van der Waals surface area contributed by atoms with E-state index in [4.69, 9.17) is 9.15 Å². The number of thiophene rings is 1. The van der Waals surface area contributed by atoms with E-state index in [2.05, 4.69) is 15.5 Å². The van der Waals surface area contributed by atoms with Gasteiger partial charge in [-0.25, -0.2) is 0 Å². The summed E-state index contributed by atoms with van der Waals surface area (Å²) in [6.07, 6.45) is -4.56. The number of alkyl halides is 3. The van der Waals surface area contributed by atoms with Gasteiger partial charge in [-0.15, -0.1) is 5.10 Å². The number of nitrogens with one attached hydrogen (secondary N) is 1. The van der Waals surface area contributed by atoms with Crippen molar-refractivity contribution in [1.29, 1.82) is 0 Å². The predicted molar refractivity (Wildman–Crippen MR) is 109 cm³/mol. The molecule has 1 amide bonds. The van der Waals surface area contributed by atoms with Gasteiger partial charge < -0.3 is 9.15 Å². The third-order valence-electron chi connectivity index (χ3n) is 4.34. The van der Waals surface area contributed by atoms with E-state index in [1.54, 1.807) is 17.4 Å². The molecule has 31 heavy (non-hydrogen) atoms. The number of amides is 1. The van der Waals surface area contributed by atoms with Gasteiger partial charge in [-0.3, -0.25) is 10.1 Å². The number of benzene rings is 2. The van der Waals surface area contributed by atoms with Crippen LogP contribution in [0.3, 0.4) is 0 Å². The molecule has 2 aromatic carbocycles. The van der Waals surface area contributed by atoms with E-state index in [0.717, 1.165) is 29.3 Å². The minimum atomic E-state index is -4.56. The molecule has 0 spiro atoms. The second kappa shape index (κ2) is 8.23. The fourth-order valence-corrected chi connectivity index (χ4v) is 3.50. The minimum absolute atomic E-state index is 0.120. The van der Waals surface area contributed by atoms with Gasteiger partial charge in [0.15, 0.2) is 0 Å². The van der Waals surface area contributed by atoms with Crippen molar-refractivity contribution in [2.24, 2.45) is 0 Å². The molecule has 0 atom stereocenters. The van der Waals surface area contributed by atoms with Gasteiger partial charge in [0.25, 0.3) is 5.91 Å². The highest BCUT2D eigenvalue weighted by Gasteiger charge is 2.31. The topological polar surface area (TPSA) is 77.3 Å². The Morgan fingerprint density at radius 3 is 2.58 bits per heavy atom. The molecule has 0 aliphatic heterocycles. The molecule has 0 radical (unpaired) electrons. The zero-order chi connectivity index (χ0) is 22.0. The summed E-state index contributed by atoms with van der Waals surface area (Å²) in [5.74, 6) is -0.105. The third kappa shape index (κ3) is 4.58. The Bertz CT molecular complexity index is 1220. The standard InChI is InChI=1S/C21H14F3N3O3S/c1-29-17-9-14(13-5-6-31-11-13)7-15(10-17)19-26-27-20(30-19)25-18(28)12-3-2-4-16(8-12)21(22,23)24/h2-11H,1H3,(H,25,27,28). The van der Waals surface area contributed by atoms with E-state index >= 15 is 0 Å². The number of aromatic nitrogens is 2. The zero-order valence-electron chi connectivity index (χ0n) is 15.9. The van der Waals surface area contributed by atoms with Crippen LogP contribution in [0.1, 0.15) is 15.9 Å². The molecule has 0 bridgehead atoms. The van der Waals surface area contributed by atoms with Crippen LogP contribution in [-0.4, -0.2) is 23.2 Å². The van der Waals surface area contributed by atoms with Gasteiger partial charge in [0.2, 0.25) is 5.89 Å². The van der Waals surface area contributed by atoms with Crippen molar-refractivity contribution < 1.29 is 27.1 Å². The normalized spacial score (nSPS) is 11.4. The predicted octanol–water partition coefficient (Wildman–Crippen LogP) is 5.74. The van der Waals surface area contributed by atoms with Crippen molar-refractivity contribution in [3.05, 3.63) is 70.4 Å². The summed E-state index contributed by atoms with van der Waals surface area (Å²) in [7, 11) is 1.53. The maximum Gasteiger partial charge on any atom is 0.416 e. The molecule has 0 unspecified atom stereocenters. The van der Waals surface area contributed by atoms with Crippen molar-refractivity contribution in [1.82, 2.24) is 10.2 Å². The van der Waals surface area contributed by atoms with E-state index < -0.39 is 17.6 Å². The van der Waals surface area contributed by atoms with E-state index in [9.17, 15) is 18.0 Å². The van der Waals surface area contributed by atoms with Gasteiger partial charge >= 0.3 is 12.2 Å². The molecule has 10 heteroatoms. The van der Waals surface area contributed by atoms with E-state index in [1.165, 1.54) is 13.2 Å². The molecule has 0 saturated heterocycles. The van der Waals surface area contributed by atoms with Gasteiger partial charge in [0, 0.05) is 11.1 Å². The molecule has 6 nitrogen and oxygen atoms in total. The number of methoxy groups -OCH3 is 1. The first-order chi connectivity index (χ1) is 14.8. The largest absolute Gasteiger partial charge is 0.497 e. The Kier molecular flexibility index (Phi) is 5.47. The molecule has 158 valence electrons. The van der Waals surface area contributed by atoms with Gasteiger partial charge in [-0.1, -0.05) is 11.2 Å². The number of hydrogen-bond acceptors (Lipinski definition) is 6. The van der Waals surface area contributed by atoms with Crippen LogP contribution >= 0.6 is 11.3 Å². The average Bonchev–Trinajstić information content (AvgIpc) is 3.45. The zero-order valence-corrected chi connectivity index (χ0v) is 16.8. The first-order valence-electron chi connectivity index (χ1n) is 8.87. The van der Waals surface area contributed by atoms with Gasteiger partial charge in [-0.2, -0.15) is 24.5 Å². The van der Waals surface area contributed by atoms with Crippen molar-refractivity contribution in [2.75, 3.05) is 12.4 Å². The van der Waals surface area contributed by atoms with Crippen molar-refractivity contribution >= 4 is 23.3 Å². The molecule has 4 aromatic rings. The van der Waals surface area contributed by atoms with E-state index in [-0.39, 0.29) is 17.5 Å². The van der Waals surface area contributed by atoms with E-state index in [0.29, 0.717) is 11.3 Å². The lowest BCUT2D eigenvalue weighted by molar-refractivity contribution is -0.137. The maximum absolute atomic E-state index is 12.9. The Balaban J connectivity index is 1.58. The fraction of sp³-hybridized carbons (Fsp3) is 0.0952. The number of nitrogens with zero attached hydrogens (tertiary/aromatic N) is 2. The lowest BCUT2D eigenvalue weighted by Crippen LogP contribution is -2.14. The molecule has 1 N–H and O–H groups in total. The number of anilines is 1. The minimum Gasteiger partial charge on any atom is -0.497 e. The van der Waals surface area contributed by atoms with Gasteiger partial charge in [0.1, 0.15) is 5.75 Å². The third-order valence-corrected chi connectivity index (χ3v) is 5.02. The Morgan fingerprint density at radius 1 is 1.06 bits per heavy atom. The van der Waals surface area contributed by atoms with Crippen LogP contribution < -0.4 is 10.1 Å². The second-order valence-electron chi connectivity index (χ2n) is 6.41. The molecule has 0 aliphatic carbocycles. The SMILES string of the molecule is COc1cc(-c2ccsc2)cc(-c2nnc(NC(=O)c3cccc(C(F)(F)F)c3)o2)c1. The Morgan fingerprint density at radius 2 is 1.87 bits per heavy atom. The van der Waals surface area contributed by atoms with Crippen molar-refractivity contribution in [3.8, 4) is 28.3 Å².